The number of urea groups is 1. The monoisotopic (exact) mass is 544 g/mol. The second kappa shape index (κ2) is 9.89. The van der Waals surface area contributed by atoms with Crippen LogP contribution in [0.5, 0.6) is 0 Å². The van der Waals surface area contributed by atoms with Crippen molar-refractivity contribution in [1.82, 2.24) is 0 Å². The highest BCUT2D eigenvalue weighted by atomic mass is 19.1. The Balaban J connectivity index is 1.57. The first-order valence-electron chi connectivity index (χ1n) is 13.1. The SMILES string of the molecule is C=C(N)C1=C(O)C2C(O)=C3C(=C)c4c(C)c(NC(=O)Nc5cccc(F)c5)cc(N(C)C)c4CC3CC2CC1=O. The number of aliphatic hydroxyl groups excluding tert-OH is 2. The lowest BCUT2D eigenvalue weighted by Gasteiger charge is -2.43. The smallest absolute Gasteiger partial charge is 0.323 e. The molecule has 3 aliphatic rings. The minimum absolute atomic E-state index is 0.00587. The third-order valence-corrected chi connectivity index (χ3v) is 8.20. The van der Waals surface area contributed by atoms with Gasteiger partial charge in [0.1, 0.15) is 17.3 Å². The molecule has 0 heterocycles. The molecule has 40 heavy (non-hydrogen) atoms. The Morgan fingerprint density at radius 3 is 2.52 bits per heavy atom. The number of ketones is 1. The number of aliphatic hydroxyl groups is 2. The Morgan fingerprint density at radius 2 is 1.88 bits per heavy atom. The number of benzene rings is 2. The molecule has 208 valence electrons. The Kier molecular flexibility index (Phi) is 6.69. The Labute approximate surface area is 232 Å². The van der Waals surface area contributed by atoms with Crippen molar-refractivity contribution in [1.29, 1.82) is 0 Å². The van der Waals surface area contributed by atoms with E-state index in [1.54, 1.807) is 6.07 Å². The maximum Gasteiger partial charge on any atom is 0.323 e. The molecule has 0 spiro atoms. The topological polar surface area (TPSA) is 128 Å². The number of allylic oxidation sites excluding steroid dienone is 3. The fraction of sp³-hybridized carbons (Fsp3) is 0.290. The van der Waals surface area contributed by atoms with Gasteiger partial charge in [-0.25, -0.2) is 9.18 Å². The van der Waals surface area contributed by atoms with Gasteiger partial charge in [0.05, 0.1) is 11.5 Å². The molecular weight excluding hydrogens is 511 g/mol. The summed E-state index contributed by atoms with van der Waals surface area (Å²) >= 11 is 0. The summed E-state index contributed by atoms with van der Waals surface area (Å²) in [7, 11) is 3.82. The number of hydrogen-bond donors (Lipinski definition) is 5. The van der Waals surface area contributed by atoms with Crippen LogP contribution in [0.25, 0.3) is 5.57 Å². The molecule has 8 nitrogen and oxygen atoms in total. The van der Waals surface area contributed by atoms with Crippen molar-refractivity contribution in [3.05, 3.63) is 94.4 Å². The molecule has 0 bridgehead atoms. The van der Waals surface area contributed by atoms with Crippen molar-refractivity contribution in [2.24, 2.45) is 23.5 Å². The summed E-state index contributed by atoms with van der Waals surface area (Å²) in [6.07, 6.45) is 1.34. The number of Topliss-reactive ketones (excluding diaryl/α,β-unsaturated/α-hetero) is 1. The number of nitrogens with two attached hydrogens (primary N) is 1. The van der Waals surface area contributed by atoms with Gasteiger partial charge in [0.15, 0.2) is 5.78 Å². The summed E-state index contributed by atoms with van der Waals surface area (Å²) in [5.41, 5.74) is 11.4. The van der Waals surface area contributed by atoms with Crippen molar-refractivity contribution in [3.63, 3.8) is 0 Å². The Bertz CT molecular complexity index is 1550. The van der Waals surface area contributed by atoms with Gasteiger partial charge in [-0.1, -0.05) is 19.2 Å². The molecule has 2 aromatic carbocycles. The minimum atomic E-state index is -0.760. The van der Waals surface area contributed by atoms with Gasteiger partial charge < -0.3 is 31.5 Å². The van der Waals surface area contributed by atoms with Crippen LogP contribution in [0.2, 0.25) is 0 Å². The molecule has 9 heteroatoms. The van der Waals surface area contributed by atoms with E-state index < -0.39 is 17.8 Å². The summed E-state index contributed by atoms with van der Waals surface area (Å²) < 4.78 is 13.6. The molecule has 2 amide bonds. The zero-order valence-corrected chi connectivity index (χ0v) is 22.8. The molecule has 6 N–H and O–H groups in total. The average molecular weight is 545 g/mol. The highest BCUT2D eigenvalue weighted by molar-refractivity contribution is 6.03. The molecule has 3 atom stereocenters. The lowest BCUT2D eigenvalue weighted by Crippen LogP contribution is -2.38. The molecular formula is C31H33FN4O4. The van der Waals surface area contributed by atoms with Crippen LogP contribution in [0, 0.1) is 30.5 Å². The standard InChI is InChI=1S/C31H33FN4O4/c1-14-22(35-31(40)34-20-8-6-7-19(32)12-20)13-23(36(4)5)21-10-17-9-18-11-24(37)27(16(3)33)30(39)28(18)29(38)26(17)15(2)25(14)21/h6-8,12-13,17-18,28,38-39H,2-3,9-11,33H2,1,4-5H3,(H2,34,35,40). The summed E-state index contributed by atoms with van der Waals surface area (Å²) in [4.78, 5) is 27.5. The summed E-state index contributed by atoms with van der Waals surface area (Å²) in [5, 5.41) is 28.1. The summed E-state index contributed by atoms with van der Waals surface area (Å²) in [5.74, 6) is -2.11. The fourth-order valence-electron chi connectivity index (χ4n) is 6.54. The Morgan fingerprint density at radius 1 is 1.15 bits per heavy atom. The lowest BCUT2D eigenvalue weighted by molar-refractivity contribution is -0.118. The third kappa shape index (κ3) is 4.41. The van der Waals surface area contributed by atoms with E-state index in [4.69, 9.17) is 5.73 Å². The zero-order valence-electron chi connectivity index (χ0n) is 22.8. The van der Waals surface area contributed by atoms with Gasteiger partial charge in [-0.3, -0.25) is 4.79 Å². The van der Waals surface area contributed by atoms with E-state index in [1.807, 2.05) is 32.0 Å². The van der Waals surface area contributed by atoms with Crippen LogP contribution in [0.15, 0.2) is 71.9 Å². The molecule has 3 aliphatic carbocycles. The van der Waals surface area contributed by atoms with E-state index in [9.17, 15) is 24.2 Å². The molecule has 0 fully saturated rings. The number of carbonyl (C=O) groups excluding carboxylic acids is 2. The number of anilines is 3. The van der Waals surface area contributed by atoms with Crippen LogP contribution in [0.3, 0.4) is 0 Å². The largest absolute Gasteiger partial charge is 0.511 e. The third-order valence-electron chi connectivity index (χ3n) is 8.20. The molecule has 0 aromatic heterocycles. The van der Waals surface area contributed by atoms with Gasteiger partial charge in [-0.05, 0) is 78.1 Å². The van der Waals surface area contributed by atoms with E-state index in [2.05, 4.69) is 23.8 Å². The molecule has 2 aromatic rings. The van der Waals surface area contributed by atoms with Crippen molar-refractivity contribution in [2.45, 2.75) is 26.2 Å². The number of amides is 2. The predicted octanol–water partition coefficient (Wildman–Crippen LogP) is 5.74. The van der Waals surface area contributed by atoms with Gasteiger partial charge in [-0.2, -0.15) is 0 Å². The first-order chi connectivity index (χ1) is 18.9. The van der Waals surface area contributed by atoms with Crippen LogP contribution in [0.4, 0.5) is 26.2 Å². The van der Waals surface area contributed by atoms with Crippen molar-refractivity contribution >= 4 is 34.4 Å². The molecule has 0 aliphatic heterocycles. The van der Waals surface area contributed by atoms with E-state index in [1.165, 1.54) is 18.2 Å². The summed E-state index contributed by atoms with van der Waals surface area (Å²) in [6, 6.07) is 6.99. The molecule has 3 unspecified atom stereocenters. The molecule has 5 rings (SSSR count). The second-order valence-corrected chi connectivity index (χ2v) is 11.0. The van der Waals surface area contributed by atoms with Gasteiger partial charge in [0, 0.05) is 48.8 Å². The maximum atomic E-state index is 13.6. The summed E-state index contributed by atoms with van der Waals surface area (Å²) in [6.45, 7) is 9.87. The van der Waals surface area contributed by atoms with Crippen LogP contribution >= 0.6 is 0 Å². The molecule has 0 radical (unpaired) electrons. The zero-order chi connectivity index (χ0) is 29.0. The number of carbonyl (C=O) groups is 2. The van der Waals surface area contributed by atoms with E-state index in [-0.39, 0.29) is 46.8 Å². The number of rotatable bonds is 4. The normalized spacial score (nSPS) is 21.9. The van der Waals surface area contributed by atoms with Crippen LogP contribution in [-0.2, 0) is 11.2 Å². The number of nitrogens with one attached hydrogen (secondary N) is 2. The highest BCUT2D eigenvalue weighted by Gasteiger charge is 2.47. The highest BCUT2D eigenvalue weighted by Crippen LogP contribution is 2.54. The van der Waals surface area contributed by atoms with Crippen molar-refractivity contribution in [3.8, 4) is 0 Å². The molecule has 0 saturated carbocycles. The quantitative estimate of drug-likeness (QED) is 0.334. The predicted molar refractivity (Wildman–Crippen MR) is 155 cm³/mol. The van der Waals surface area contributed by atoms with Gasteiger partial charge >= 0.3 is 6.03 Å². The minimum Gasteiger partial charge on any atom is -0.511 e. The number of halogens is 1. The van der Waals surface area contributed by atoms with Gasteiger partial charge in [0.2, 0.25) is 0 Å². The second-order valence-electron chi connectivity index (χ2n) is 11.0. The van der Waals surface area contributed by atoms with E-state index in [0.29, 0.717) is 35.4 Å². The maximum absolute atomic E-state index is 13.6. The molecule has 0 saturated heterocycles. The van der Waals surface area contributed by atoms with Crippen molar-refractivity contribution < 1.29 is 24.2 Å². The average Bonchev–Trinajstić information content (AvgIpc) is 2.84. The van der Waals surface area contributed by atoms with Crippen molar-refractivity contribution in [2.75, 3.05) is 29.6 Å². The Hall–Kier alpha value is -4.53. The van der Waals surface area contributed by atoms with Crippen LogP contribution in [-0.4, -0.2) is 36.1 Å². The number of nitrogens with zero attached hydrogens (tertiary/aromatic N) is 1. The first kappa shape index (κ1) is 27.1. The van der Waals surface area contributed by atoms with E-state index >= 15 is 0 Å². The van der Waals surface area contributed by atoms with Crippen LogP contribution < -0.4 is 21.3 Å². The lowest BCUT2D eigenvalue weighted by atomic mass is 9.61. The van der Waals surface area contributed by atoms with Gasteiger partial charge in [0.25, 0.3) is 0 Å². The number of fused-ring (bicyclic) bond motifs is 3. The van der Waals surface area contributed by atoms with Crippen LogP contribution in [0.1, 0.15) is 29.5 Å². The first-order valence-corrected chi connectivity index (χ1v) is 13.1. The van der Waals surface area contributed by atoms with E-state index in [0.717, 1.165) is 22.4 Å². The van der Waals surface area contributed by atoms with Gasteiger partial charge in [-0.15, -0.1) is 0 Å². The fourth-order valence-corrected chi connectivity index (χ4v) is 6.54. The number of hydrogen-bond acceptors (Lipinski definition) is 6.